The van der Waals surface area contributed by atoms with Crippen molar-refractivity contribution in [1.29, 1.82) is 0 Å². The standard InChI is InChI=1S/C13H15N3O/c1-10-4-2-3-5-11(10)17-9-7-13-15-8-6-12(14)16-13/h2-6,8H,7,9H2,1H3,(H2,14,15,16). The fraction of sp³-hybridized carbons (Fsp3) is 0.231. The van der Waals surface area contributed by atoms with Crippen molar-refractivity contribution in [3.63, 3.8) is 0 Å². The number of benzene rings is 1. The number of aryl methyl sites for hydroxylation is 1. The quantitative estimate of drug-likeness (QED) is 0.871. The van der Waals surface area contributed by atoms with Gasteiger partial charge in [-0.2, -0.15) is 0 Å². The van der Waals surface area contributed by atoms with Gasteiger partial charge in [0, 0.05) is 12.6 Å². The zero-order chi connectivity index (χ0) is 12.1. The van der Waals surface area contributed by atoms with Crippen LogP contribution >= 0.6 is 0 Å². The summed E-state index contributed by atoms with van der Waals surface area (Å²) in [5.74, 6) is 2.10. The van der Waals surface area contributed by atoms with Crippen LogP contribution in [0.5, 0.6) is 5.75 Å². The van der Waals surface area contributed by atoms with Crippen molar-refractivity contribution >= 4 is 5.82 Å². The van der Waals surface area contributed by atoms with E-state index >= 15 is 0 Å². The third-order valence-electron chi connectivity index (χ3n) is 2.40. The number of hydrogen-bond acceptors (Lipinski definition) is 4. The summed E-state index contributed by atoms with van der Waals surface area (Å²) in [7, 11) is 0. The summed E-state index contributed by atoms with van der Waals surface area (Å²) in [6.45, 7) is 2.57. The topological polar surface area (TPSA) is 61.0 Å². The molecule has 0 radical (unpaired) electrons. The van der Waals surface area contributed by atoms with Crippen molar-refractivity contribution in [1.82, 2.24) is 9.97 Å². The zero-order valence-corrected chi connectivity index (χ0v) is 9.76. The lowest BCUT2D eigenvalue weighted by molar-refractivity contribution is 0.317. The maximum Gasteiger partial charge on any atom is 0.134 e. The van der Waals surface area contributed by atoms with Gasteiger partial charge in [0.15, 0.2) is 0 Å². The minimum atomic E-state index is 0.492. The fourth-order valence-corrected chi connectivity index (χ4v) is 1.51. The average Bonchev–Trinajstić information content (AvgIpc) is 2.32. The minimum absolute atomic E-state index is 0.492. The van der Waals surface area contributed by atoms with Crippen LogP contribution in [0, 0.1) is 6.92 Å². The lowest BCUT2D eigenvalue weighted by Gasteiger charge is -2.08. The first-order valence-electron chi connectivity index (χ1n) is 5.51. The van der Waals surface area contributed by atoms with E-state index in [1.807, 2.05) is 31.2 Å². The van der Waals surface area contributed by atoms with Gasteiger partial charge in [-0.15, -0.1) is 0 Å². The fourth-order valence-electron chi connectivity index (χ4n) is 1.51. The van der Waals surface area contributed by atoms with Crippen molar-refractivity contribution in [3.05, 3.63) is 47.9 Å². The van der Waals surface area contributed by atoms with E-state index in [0.29, 0.717) is 24.7 Å². The first kappa shape index (κ1) is 11.4. The molecule has 1 aromatic heterocycles. The highest BCUT2D eigenvalue weighted by atomic mass is 16.5. The van der Waals surface area contributed by atoms with E-state index < -0.39 is 0 Å². The van der Waals surface area contributed by atoms with Gasteiger partial charge < -0.3 is 10.5 Å². The van der Waals surface area contributed by atoms with Crippen LogP contribution in [-0.4, -0.2) is 16.6 Å². The molecule has 0 aliphatic heterocycles. The Labute approximate surface area is 100 Å². The van der Waals surface area contributed by atoms with Crippen molar-refractivity contribution < 1.29 is 4.74 Å². The summed E-state index contributed by atoms with van der Waals surface area (Å²) < 4.78 is 5.66. The van der Waals surface area contributed by atoms with Gasteiger partial charge in [-0.05, 0) is 24.6 Å². The smallest absolute Gasteiger partial charge is 0.134 e. The van der Waals surface area contributed by atoms with E-state index in [4.69, 9.17) is 10.5 Å². The van der Waals surface area contributed by atoms with Gasteiger partial charge in [-0.25, -0.2) is 9.97 Å². The molecule has 1 heterocycles. The number of ether oxygens (including phenoxy) is 1. The molecule has 0 saturated heterocycles. The van der Waals surface area contributed by atoms with Gasteiger partial charge in [0.05, 0.1) is 6.61 Å². The van der Waals surface area contributed by atoms with E-state index in [1.165, 1.54) is 0 Å². The van der Waals surface area contributed by atoms with Crippen molar-refractivity contribution in [3.8, 4) is 5.75 Å². The number of nitrogen functional groups attached to an aromatic ring is 1. The lowest BCUT2D eigenvalue weighted by atomic mass is 10.2. The summed E-state index contributed by atoms with van der Waals surface area (Å²) in [5, 5.41) is 0. The van der Waals surface area contributed by atoms with Crippen LogP contribution in [-0.2, 0) is 6.42 Å². The molecule has 4 nitrogen and oxygen atoms in total. The van der Waals surface area contributed by atoms with Crippen LogP contribution < -0.4 is 10.5 Å². The minimum Gasteiger partial charge on any atom is -0.493 e. The summed E-state index contributed by atoms with van der Waals surface area (Å²) in [6, 6.07) is 9.59. The maximum absolute atomic E-state index is 5.66. The van der Waals surface area contributed by atoms with E-state index in [1.54, 1.807) is 12.3 Å². The molecular formula is C13H15N3O. The Hall–Kier alpha value is -2.10. The van der Waals surface area contributed by atoms with Crippen molar-refractivity contribution in [2.24, 2.45) is 0 Å². The van der Waals surface area contributed by atoms with E-state index in [2.05, 4.69) is 9.97 Å². The molecule has 2 aromatic rings. The van der Waals surface area contributed by atoms with Gasteiger partial charge in [0.1, 0.15) is 17.4 Å². The molecule has 88 valence electrons. The number of anilines is 1. The molecule has 0 aliphatic carbocycles. The Balaban J connectivity index is 1.90. The van der Waals surface area contributed by atoms with Gasteiger partial charge in [0.2, 0.25) is 0 Å². The van der Waals surface area contributed by atoms with E-state index in [9.17, 15) is 0 Å². The van der Waals surface area contributed by atoms with Crippen LogP contribution in [0.2, 0.25) is 0 Å². The van der Waals surface area contributed by atoms with Gasteiger partial charge in [0.25, 0.3) is 0 Å². The lowest BCUT2D eigenvalue weighted by Crippen LogP contribution is -2.06. The molecule has 0 bridgehead atoms. The number of para-hydroxylation sites is 1. The molecule has 17 heavy (non-hydrogen) atoms. The first-order chi connectivity index (χ1) is 8.25. The van der Waals surface area contributed by atoms with Crippen molar-refractivity contribution in [2.45, 2.75) is 13.3 Å². The zero-order valence-electron chi connectivity index (χ0n) is 9.76. The summed E-state index contributed by atoms with van der Waals surface area (Å²) in [6.07, 6.45) is 2.31. The van der Waals surface area contributed by atoms with E-state index in [0.717, 1.165) is 11.3 Å². The molecule has 0 spiro atoms. The second-order valence-corrected chi connectivity index (χ2v) is 3.76. The predicted molar refractivity (Wildman–Crippen MR) is 66.8 cm³/mol. The second-order valence-electron chi connectivity index (χ2n) is 3.76. The SMILES string of the molecule is Cc1ccccc1OCCc1nccc(N)n1. The highest BCUT2D eigenvalue weighted by molar-refractivity contribution is 5.31. The molecule has 1 aromatic carbocycles. The Bertz CT molecular complexity index is 500. The molecule has 4 heteroatoms. The van der Waals surface area contributed by atoms with Gasteiger partial charge in [-0.3, -0.25) is 0 Å². The Morgan fingerprint density at radius 3 is 2.82 bits per heavy atom. The maximum atomic E-state index is 5.66. The highest BCUT2D eigenvalue weighted by Crippen LogP contribution is 2.16. The summed E-state index contributed by atoms with van der Waals surface area (Å²) in [4.78, 5) is 8.24. The Morgan fingerprint density at radius 1 is 1.24 bits per heavy atom. The van der Waals surface area contributed by atoms with Gasteiger partial charge in [-0.1, -0.05) is 18.2 Å². The molecular weight excluding hydrogens is 214 g/mol. The van der Waals surface area contributed by atoms with Crippen LogP contribution in [0.25, 0.3) is 0 Å². The Kier molecular flexibility index (Phi) is 3.55. The molecule has 0 unspecified atom stereocenters. The van der Waals surface area contributed by atoms with E-state index in [-0.39, 0.29) is 0 Å². The Morgan fingerprint density at radius 2 is 2.06 bits per heavy atom. The largest absolute Gasteiger partial charge is 0.493 e. The average molecular weight is 229 g/mol. The first-order valence-corrected chi connectivity index (χ1v) is 5.51. The summed E-state index contributed by atoms with van der Waals surface area (Å²) in [5.41, 5.74) is 6.70. The molecule has 0 saturated carbocycles. The van der Waals surface area contributed by atoms with Crippen molar-refractivity contribution in [2.75, 3.05) is 12.3 Å². The molecule has 0 atom stereocenters. The van der Waals surface area contributed by atoms with Crippen LogP contribution in [0.15, 0.2) is 36.5 Å². The number of rotatable bonds is 4. The third kappa shape index (κ3) is 3.17. The van der Waals surface area contributed by atoms with Gasteiger partial charge >= 0.3 is 0 Å². The molecule has 0 amide bonds. The van der Waals surface area contributed by atoms with Crippen LogP contribution in [0.4, 0.5) is 5.82 Å². The number of hydrogen-bond donors (Lipinski definition) is 1. The number of aromatic nitrogens is 2. The van der Waals surface area contributed by atoms with Crippen LogP contribution in [0.1, 0.15) is 11.4 Å². The van der Waals surface area contributed by atoms with Crippen LogP contribution in [0.3, 0.4) is 0 Å². The normalized spacial score (nSPS) is 10.2. The highest BCUT2D eigenvalue weighted by Gasteiger charge is 2.00. The third-order valence-corrected chi connectivity index (χ3v) is 2.40. The number of nitrogens with two attached hydrogens (primary N) is 1. The molecule has 2 N–H and O–H groups in total. The molecule has 0 aliphatic rings. The summed E-state index contributed by atoms with van der Waals surface area (Å²) >= 11 is 0. The molecule has 0 fully saturated rings. The monoisotopic (exact) mass is 229 g/mol. The number of nitrogens with zero attached hydrogens (tertiary/aromatic N) is 2. The predicted octanol–water partition coefficient (Wildman–Crippen LogP) is 1.99. The molecule has 2 rings (SSSR count). The second kappa shape index (κ2) is 5.30.